The summed E-state index contributed by atoms with van der Waals surface area (Å²) in [7, 11) is -19.1. The molecule has 87 heavy (non-hydrogen) atoms. The van der Waals surface area contributed by atoms with Crippen LogP contribution in [0.1, 0.15) is 5.56 Å². The smallest absolute Gasteiger partial charge is 0.297 e. The Bertz CT molecular complexity index is 5270. The van der Waals surface area contributed by atoms with E-state index in [0.717, 1.165) is 24.3 Å². The maximum atomic E-state index is 12.6. The molecule has 2 aromatic heterocycles. The summed E-state index contributed by atoms with van der Waals surface area (Å²) in [6, 6.07) is 32.5. The van der Waals surface area contributed by atoms with E-state index in [-0.39, 0.29) is 111 Å². The molecule has 440 valence electrons. The van der Waals surface area contributed by atoms with Gasteiger partial charge in [0.25, 0.3) is 40.5 Å². The Morgan fingerprint density at radius 3 is 1.52 bits per heavy atom. The largest absolute Gasteiger partial charge is 0.505 e. The first kappa shape index (κ1) is 59.0. The van der Waals surface area contributed by atoms with Gasteiger partial charge in [0.05, 0.1) is 26.9 Å². The zero-order valence-corrected chi connectivity index (χ0v) is 48.4. The van der Waals surface area contributed by atoms with Gasteiger partial charge in [-0.15, -0.1) is 15.3 Å². The minimum absolute atomic E-state index is 0.0188. The lowest BCUT2D eigenvalue weighted by molar-refractivity contribution is 0.480. The summed E-state index contributed by atoms with van der Waals surface area (Å²) in [5.74, 6) is -1.93. The van der Waals surface area contributed by atoms with Crippen LogP contribution in [0.4, 0.5) is 69.3 Å². The molecule has 11 rings (SSSR count). The monoisotopic (exact) mass is 1290 g/mol. The lowest BCUT2D eigenvalue weighted by atomic mass is 10.0. The fourth-order valence-electron chi connectivity index (χ4n) is 9.12. The first-order valence-corrected chi connectivity index (χ1v) is 31.0. The molecule has 0 atom stereocenters. The van der Waals surface area contributed by atoms with Gasteiger partial charge in [-0.25, -0.2) is 0 Å². The average molecular weight is 1290 g/mol. The number of aryl methyl sites for hydroxylation is 1. The van der Waals surface area contributed by atoms with Gasteiger partial charge < -0.3 is 31.5 Å². The molecular formula is C53H36Cl2N14O14S4. The number of hydrogen-bond donors (Lipinski definition) is 10. The van der Waals surface area contributed by atoms with Crippen molar-refractivity contribution in [3.63, 3.8) is 0 Å². The third kappa shape index (κ3) is 12.7. The average Bonchev–Trinajstić information content (AvgIpc) is 1.15. The fraction of sp³-hybridized carbons (Fsp3) is 0.0189. The van der Waals surface area contributed by atoms with Gasteiger partial charge in [-0.05, 0) is 142 Å². The van der Waals surface area contributed by atoms with Crippen LogP contribution in [0.2, 0.25) is 10.6 Å². The van der Waals surface area contributed by atoms with Crippen LogP contribution in [0.5, 0.6) is 11.5 Å². The summed E-state index contributed by atoms with van der Waals surface area (Å²) >= 11 is 12.7. The molecule has 10 N–H and O–H groups in total. The molecule has 0 saturated carbocycles. The number of fused-ring (bicyclic) bond motifs is 4. The van der Waals surface area contributed by atoms with E-state index in [2.05, 4.69) is 71.6 Å². The topological polar surface area (TPSA) is 433 Å². The molecule has 11 aromatic rings. The molecule has 34 heteroatoms. The number of benzene rings is 9. The van der Waals surface area contributed by atoms with Crippen molar-refractivity contribution in [3.05, 3.63) is 156 Å². The molecule has 0 amide bonds. The molecular weight excluding hydrogens is 1260 g/mol. The zero-order chi connectivity index (χ0) is 61.9. The van der Waals surface area contributed by atoms with Gasteiger partial charge in [0.15, 0.2) is 11.5 Å². The van der Waals surface area contributed by atoms with Crippen molar-refractivity contribution in [2.75, 3.05) is 21.3 Å². The van der Waals surface area contributed by atoms with Crippen molar-refractivity contribution in [2.24, 2.45) is 20.5 Å². The second-order valence-corrected chi connectivity index (χ2v) is 24.9. The van der Waals surface area contributed by atoms with Crippen LogP contribution in [0.25, 0.3) is 43.1 Å². The van der Waals surface area contributed by atoms with E-state index >= 15 is 0 Å². The number of azo groups is 2. The number of nitrogens with one attached hydrogen (secondary N) is 4. The first-order valence-electron chi connectivity index (χ1n) is 24.5. The molecule has 2 heterocycles. The number of hydrogen-bond acceptors (Lipinski definition) is 24. The normalized spacial score (nSPS) is 12.4. The Kier molecular flexibility index (Phi) is 15.3. The number of aromatic hydroxyl groups is 2. The van der Waals surface area contributed by atoms with E-state index in [9.17, 15) is 62.1 Å². The quantitative estimate of drug-likeness (QED) is 0.0317. The third-order valence-electron chi connectivity index (χ3n) is 12.8. The van der Waals surface area contributed by atoms with Crippen molar-refractivity contribution in [1.82, 2.24) is 29.9 Å². The molecule has 0 aliphatic heterocycles. The molecule has 0 radical (unpaired) electrons. The highest BCUT2D eigenvalue weighted by Gasteiger charge is 2.24. The summed E-state index contributed by atoms with van der Waals surface area (Å²) in [5.41, 5.74) is 0.322. The van der Waals surface area contributed by atoms with Crippen molar-refractivity contribution in [3.8, 4) is 11.5 Å². The van der Waals surface area contributed by atoms with Gasteiger partial charge in [0.2, 0.25) is 34.4 Å². The Labute approximate surface area is 500 Å². The highest BCUT2D eigenvalue weighted by Crippen LogP contribution is 2.46. The number of halogens is 2. The molecule has 9 aromatic carbocycles. The highest BCUT2D eigenvalue weighted by molar-refractivity contribution is 7.86. The minimum Gasteiger partial charge on any atom is -0.505 e. The highest BCUT2D eigenvalue weighted by atomic mass is 35.5. The standard InChI is InChI=1S/C53H36Cl2N14O14S4/c1-25-19-29-22-34(85(75,76)77)24-40(43(29)46(71)44(25)69-68-38-18-9-26-5-2-3-7-36(26)47(38)87(81,82)83)59-53-63-49(55)61-51(65-53)57-31-13-11-30(12-14-31)56-50-60-48(54)62-52(64-50)58-39-23-33(84(72,73)74)21-28-10-17-37(45(70)42(28)39)67-66-32-15-16-35-27(20-32)6-4-8-41(35)86(78,79)80/h2-24,70-71H,1H3,(H,72,73,74)(H,75,76,77)(H,78,79,80)(H,81,82,83)(H2,56,58,60,62,64)(H2,57,59,61,63,65). The van der Waals surface area contributed by atoms with Crippen LogP contribution in [0.3, 0.4) is 0 Å². The number of phenols is 2. The Morgan fingerprint density at radius 2 is 0.943 bits per heavy atom. The molecule has 0 aliphatic carbocycles. The van der Waals surface area contributed by atoms with E-state index in [1.807, 2.05) is 0 Å². The van der Waals surface area contributed by atoms with E-state index in [1.165, 1.54) is 67.6 Å². The van der Waals surface area contributed by atoms with Gasteiger partial charge in [0.1, 0.15) is 26.9 Å². The molecule has 0 saturated heterocycles. The molecule has 28 nitrogen and oxygen atoms in total. The number of rotatable bonds is 16. The van der Waals surface area contributed by atoms with Crippen LogP contribution in [0.15, 0.2) is 180 Å². The number of phenolic OH excluding ortho intramolecular Hbond substituents is 2. The van der Waals surface area contributed by atoms with Crippen LogP contribution >= 0.6 is 23.2 Å². The van der Waals surface area contributed by atoms with Crippen LogP contribution in [-0.4, -0.2) is 92.0 Å². The SMILES string of the molecule is Cc1cc2cc(S(=O)(=O)O)cc(Nc3nc(Cl)nc(Nc4ccc(Nc5nc(Cl)nc(Nc6cc(S(=O)(=O)O)cc7ccc(N=Nc8ccc9c(S(=O)(=O)O)cccc9c8)c(O)c67)n5)cc4)n3)c2c(O)c1N=Nc1ccc2ccccc2c1S(=O)(=O)O. The fourth-order valence-corrected chi connectivity index (χ4v) is 12.1. The third-order valence-corrected chi connectivity index (χ3v) is 16.7. The Morgan fingerprint density at radius 1 is 0.425 bits per heavy atom. The van der Waals surface area contributed by atoms with Crippen molar-refractivity contribution >= 4 is 176 Å². The summed E-state index contributed by atoms with van der Waals surface area (Å²) in [5, 5.41) is 52.2. The maximum Gasteiger partial charge on any atom is 0.297 e. The van der Waals surface area contributed by atoms with E-state index in [1.54, 1.807) is 54.6 Å². The van der Waals surface area contributed by atoms with Gasteiger partial charge >= 0.3 is 0 Å². The van der Waals surface area contributed by atoms with E-state index in [4.69, 9.17) is 23.2 Å². The summed E-state index contributed by atoms with van der Waals surface area (Å²) in [6.45, 7) is 1.50. The molecule has 0 aliphatic rings. The van der Waals surface area contributed by atoms with Gasteiger partial charge in [-0.1, -0.05) is 54.6 Å². The number of nitrogens with zero attached hydrogens (tertiary/aromatic N) is 10. The second-order valence-electron chi connectivity index (χ2n) is 18.6. The van der Waals surface area contributed by atoms with Gasteiger partial charge in [-0.2, -0.15) is 68.7 Å². The first-order chi connectivity index (χ1) is 41.1. The lowest BCUT2D eigenvalue weighted by Crippen LogP contribution is -2.06. The Hall–Kier alpha value is -9.74. The van der Waals surface area contributed by atoms with Gasteiger partial charge in [0, 0.05) is 32.9 Å². The maximum absolute atomic E-state index is 12.6. The summed E-state index contributed by atoms with van der Waals surface area (Å²) in [4.78, 5) is 23.1. The molecule has 0 fully saturated rings. The van der Waals surface area contributed by atoms with Crippen LogP contribution in [-0.2, 0) is 40.5 Å². The van der Waals surface area contributed by atoms with Crippen LogP contribution < -0.4 is 21.3 Å². The predicted octanol–water partition coefficient (Wildman–Crippen LogP) is 12.5. The van der Waals surface area contributed by atoms with Crippen molar-refractivity contribution < 1.29 is 62.1 Å². The second kappa shape index (κ2) is 22.6. The molecule has 0 bridgehead atoms. The van der Waals surface area contributed by atoms with E-state index in [0.29, 0.717) is 22.1 Å². The predicted molar refractivity (Wildman–Crippen MR) is 321 cm³/mol. The van der Waals surface area contributed by atoms with Crippen molar-refractivity contribution in [1.29, 1.82) is 0 Å². The minimum atomic E-state index is -4.87. The summed E-state index contributed by atoms with van der Waals surface area (Å²) in [6.07, 6.45) is 0. The molecule has 0 spiro atoms. The van der Waals surface area contributed by atoms with Gasteiger partial charge in [-0.3, -0.25) is 18.2 Å². The Balaban J connectivity index is 0.840. The summed E-state index contributed by atoms with van der Waals surface area (Å²) < 4.78 is 139. The number of anilines is 8. The van der Waals surface area contributed by atoms with E-state index < -0.39 is 66.7 Å². The molecule has 0 unspecified atom stereocenters. The zero-order valence-electron chi connectivity index (χ0n) is 43.6. The van der Waals surface area contributed by atoms with Crippen LogP contribution in [0, 0.1) is 6.92 Å². The lowest BCUT2D eigenvalue weighted by Gasteiger charge is -2.15. The van der Waals surface area contributed by atoms with Crippen molar-refractivity contribution in [2.45, 2.75) is 26.5 Å². The number of aromatic nitrogens is 6.